The van der Waals surface area contributed by atoms with Crippen molar-refractivity contribution >= 4 is 11.9 Å². The van der Waals surface area contributed by atoms with E-state index in [9.17, 15) is 19.1 Å². The molecule has 0 amide bonds. The van der Waals surface area contributed by atoms with E-state index < -0.39 is 41.3 Å². The summed E-state index contributed by atoms with van der Waals surface area (Å²) in [6.45, 7) is 4.73. The fourth-order valence-electron chi connectivity index (χ4n) is 6.69. The van der Waals surface area contributed by atoms with Crippen molar-refractivity contribution in [3.05, 3.63) is 35.1 Å². The predicted octanol–water partition coefficient (Wildman–Crippen LogP) is 3.56. The highest BCUT2D eigenvalue weighted by molar-refractivity contribution is 5.86. The van der Waals surface area contributed by atoms with E-state index >= 15 is 0 Å². The topological polar surface area (TPSA) is 104 Å². The lowest BCUT2D eigenvalue weighted by Gasteiger charge is -2.39. The lowest BCUT2D eigenvalue weighted by molar-refractivity contribution is -0.178. The van der Waals surface area contributed by atoms with E-state index in [1.54, 1.807) is 7.11 Å². The number of aliphatic hydroxyl groups is 1. The van der Waals surface area contributed by atoms with Crippen molar-refractivity contribution < 1.29 is 42.8 Å². The summed E-state index contributed by atoms with van der Waals surface area (Å²) in [4.78, 5) is 28.4. The van der Waals surface area contributed by atoms with Crippen molar-refractivity contribution in [3.8, 4) is 11.5 Å². The standard InChI is InChI=1S/C29H38FNO8/c1-27(2,30)8-5-10-29(34,16-23(32)36-4)26(33)39-25-22(35-3)15-28-9-6-11-31(28)12-7-18-13-20-21(38-17-37-20)14-19(18)24(25)28/h13-15,24-25,34H,5-12,16-17H2,1-4H3. The summed E-state index contributed by atoms with van der Waals surface area (Å²) in [5.74, 6) is -0.199. The number of hydrogen-bond donors (Lipinski definition) is 1. The number of ether oxygens (including phenoxy) is 5. The molecule has 4 unspecified atom stereocenters. The number of alkyl halides is 1. The summed E-state index contributed by atoms with van der Waals surface area (Å²) in [6.07, 6.45) is 3.39. The second kappa shape index (κ2) is 10.3. The van der Waals surface area contributed by atoms with Crippen molar-refractivity contribution in [1.29, 1.82) is 0 Å². The number of benzene rings is 1. The zero-order chi connectivity index (χ0) is 28.0. The molecule has 1 N–H and O–H groups in total. The molecule has 0 radical (unpaired) electrons. The molecule has 1 fully saturated rings. The van der Waals surface area contributed by atoms with Crippen LogP contribution in [0, 0.1) is 0 Å². The third kappa shape index (κ3) is 5.09. The fraction of sp³-hybridized carbons (Fsp3) is 0.655. The van der Waals surface area contributed by atoms with Gasteiger partial charge in [-0.3, -0.25) is 9.69 Å². The SMILES string of the molecule is COC(=O)CC(O)(CCCC(C)(C)F)C(=O)OC1C(OC)=CC23CCCN2CCc2cc4c(cc2C13)OCO4. The molecule has 0 aromatic heterocycles. The van der Waals surface area contributed by atoms with Gasteiger partial charge in [0.05, 0.1) is 32.1 Å². The van der Waals surface area contributed by atoms with Crippen LogP contribution >= 0.6 is 0 Å². The maximum atomic E-state index is 14.2. The van der Waals surface area contributed by atoms with Crippen LogP contribution in [0.2, 0.25) is 0 Å². The number of fused-ring (bicyclic) bond motifs is 3. The zero-order valence-electron chi connectivity index (χ0n) is 23.1. The second-order valence-corrected chi connectivity index (χ2v) is 11.6. The number of carbonyl (C=O) groups is 2. The van der Waals surface area contributed by atoms with E-state index in [1.807, 2.05) is 12.1 Å². The number of rotatable bonds is 9. The van der Waals surface area contributed by atoms with Crippen LogP contribution < -0.4 is 9.47 Å². The van der Waals surface area contributed by atoms with Crippen LogP contribution in [0.1, 0.15) is 69.4 Å². The smallest absolute Gasteiger partial charge is 0.339 e. The molecule has 0 bridgehead atoms. The van der Waals surface area contributed by atoms with Gasteiger partial charge in [-0.2, -0.15) is 0 Å². The molecule has 4 atom stereocenters. The average molecular weight is 548 g/mol. The molecule has 4 aliphatic rings. The van der Waals surface area contributed by atoms with Gasteiger partial charge in [0.15, 0.2) is 23.2 Å². The number of carbonyl (C=O) groups excluding carboxylic acids is 2. The number of halogens is 1. The summed E-state index contributed by atoms with van der Waals surface area (Å²) in [6, 6.07) is 3.98. The van der Waals surface area contributed by atoms with Gasteiger partial charge in [0.25, 0.3) is 0 Å². The summed E-state index contributed by atoms with van der Waals surface area (Å²) in [5, 5.41) is 11.5. The van der Waals surface area contributed by atoms with E-state index in [0.717, 1.165) is 43.5 Å². The molecule has 0 saturated carbocycles. The Hall–Kier alpha value is -2.85. The highest BCUT2D eigenvalue weighted by atomic mass is 19.1. The Morgan fingerprint density at radius 3 is 2.62 bits per heavy atom. The number of hydrogen-bond acceptors (Lipinski definition) is 9. The van der Waals surface area contributed by atoms with Gasteiger partial charge in [0.2, 0.25) is 6.79 Å². The number of esters is 2. The first-order valence-corrected chi connectivity index (χ1v) is 13.6. The van der Waals surface area contributed by atoms with E-state index in [-0.39, 0.29) is 32.0 Å². The third-order valence-corrected chi connectivity index (χ3v) is 8.60. The summed E-state index contributed by atoms with van der Waals surface area (Å²) in [5.41, 5.74) is -2.03. The van der Waals surface area contributed by atoms with Crippen LogP contribution in [0.25, 0.3) is 0 Å². The Labute approximate surface area is 228 Å². The van der Waals surface area contributed by atoms with Crippen LogP contribution in [0.4, 0.5) is 4.39 Å². The second-order valence-electron chi connectivity index (χ2n) is 11.6. The Kier molecular flexibility index (Phi) is 7.30. The molecular weight excluding hydrogens is 509 g/mol. The molecule has 3 heterocycles. The lowest BCUT2D eigenvalue weighted by Crippen LogP contribution is -2.49. The van der Waals surface area contributed by atoms with Crippen LogP contribution in [-0.2, 0) is 30.2 Å². The summed E-state index contributed by atoms with van der Waals surface area (Å²) >= 11 is 0. The highest BCUT2D eigenvalue weighted by Gasteiger charge is 2.59. The van der Waals surface area contributed by atoms with E-state index in [0.29, 0.717) is 17.3 Å². The Morgan fingerprint density at radius 2 is 1.92 bits per heavy atom. The number of methoxy groups -OCH3 is 2. The van der Waals surface area contributed by atoms with E-state index in [4.69, 9.17) is 23.7 Å². The predicted molar refractivity (Wildman–Crippen MR) is 138 cm³/mol. The number of nitrogens with zero attached hydrogens (tertiary/aromatic N) is 1. The van der Waals surface area contributed by atoms with Gasteiger partial charge in [-0.25, -0.2) is 9.18 Å². The Bertz CT molecular complexity index is 1160. The Morgan fingerprint density at radius 1 is 1.18 bits per heavy atom. The van der Waals surface area contributed by atoms with Gasteiger partial charge < -0.3 is 28.8 Å². The van der Waals surface area contributed by atoms with Gasteiger partial charge in [-0.1, -0.05) is 0 Å². The van der Waals surface area contributed by atoms with Crippen molar-refractivity contribution in [2.75, 3.05) is 34.1 Å². The Balaban J connectivity index is 1.50. The minimum absolute atomic E-state index is 0.109. The van der Waals surface area contributed by atoms with Gasteiger partial charge in [0.1, 0.15) is 11.4 Å². The molecule has 9 nitrogen and oxygen atoms in total. The van der Waals surface area contributed by atoms with Crippen LogP contribution in [0.3, 0.4) is 0 Å². The van der Waals surface area contributed by atoms with Crippen LogP contribution in [0.15, 0.2) is 24.0 Å². The summed E-state index contributed by atoms with van der Waals surface area (Å²) < 4.78 is 42.2. The molecule has 5 rings (SSSR count). The normalized spacial score (nSPS) is 27.0. The molecule has 214 valence electrons. The average Bonchev–Trinajstić information content (AvgIpc) is 3.56. The van der Waals surface area contributed by atoms with Crippen molar-refractivity contribution in [2.45, 2.75) is 87.6 Å². The fourth-order valence-corrected chi connectivity index (χ4v) is 6.69. The van der Waals surface area contributed by atoms with E-state index in [2.05, 4.69) is 11.0 Å². The lowest BCUT2D eigenvalue weighted by atomic mass is 9.77. The van der Waals surface area contributed by atoms with Crippen molar-refractivity contribution in [2.24, 2.45) is 0 Å². The van der Waals surface area contributed by atoms with Gasteiger partial charge >= 0.3 is 11.9 Å². The van der Waals surface area contributed by atoms with Crippen molar-refractivity contribution in [3.63, 3.8) is 0 Å². The minimum atomic E-state index is -2.18. The maximum absolute atomic E-state index is 14.2. The third-order valence-electron chi connectivity index (χ3n) is 8.60. The largest absolute Gasteiger partial charge is 0.497 e. The quantitative estimate of drug-likeness (QED) is 0.465. The molecule has 1 spiro atoms. The van der Waals surface area contributed by atoms with Crippen LogP contribution in [0.5, 0.6) is 11.5 Å². The molecule has 3 aliphatic heterocycles. The highest BCUT2D eigenvalue weighted by Crippen LogP contribution is 2.55. The van der Waals surface area contributed by atoms with Gasteiger partial charge in [-0.05, 0) is 88.3 Å². The minimum Gasteiger partial charge on any atom is -0.497 e. The van der Waals surface area contributed by atoms with Gasteiger partial charge in [0, 0.05) is 6.54 Å². The molecule has 1 saturated heterocycles. The summed E-state index contributed by atoms with van der Waals surface area (Å²) in [7, 11) is 2.73. The molecule has 1 aromatic carbocycles. The zero-order valence-corrected chi connectivity index (χ0v) is 23.1. The molecule has 1 aliphatic carbocycles. The first-order valence-electron chi connectivity index (χ1n) is 13.6. The van der Waals surface area contributed by atoms with Gasteiger partial charge in [-0.15, -0.1) is 0 Å². The molecule has 10 heteroatoms. The van der Waals surface area contributed by atoms with E-state index in [1.165, 1.54) is 21.0 Å². The van der Waals surface area contributed by atoms with Crippen LogP contribution in [-0.4, -0.2) is 79.0 Å². The first-order chi connectivity index (χ1) is 18.5. The maximum Gasteiger partial charge on any atom is 0.339 e. The monoisotopic (exact) mass is 547 g/mol. The molecule has 1 aromatic rings. The van der Waals surface area contributed by atoms with Crippen molar-refractivity contribution in [1.82, 2.24) is 4.90 Å². The molecule has 39 heavy (non-hydrogen) atoms. The first kappa shape index (κ1) is 27.7. The molecular formula is C29H38FNO8.